The van der Waals surface area contributed by atoms with Crippen LogP contribution in [0.3, 0.4) is 0 Å². The molecular weight excluding hydrogens is 240 g/mol. The number of rotatable bonds is 5. The first-order valence-electron chi connectivity index (χ1n) is 5.43. The van der Waals surface area contributed by atoms with Crippen LogP contribution in [0.5, 0.6) is 0 Å². The zero-order chi connectivity index (χ0) is 12.8. The minimum atomic E-state index is -0.0466. The van der Waals surface area contributed by atoms with Crippen molar-refractivity contribution in [1.82, 2.24) is 10.3 Å². The summed E-state index contributed by atoms with van der Waals surface area (Å²) in [6.45, 7) is 2.91. The molecule has 6 heteroatoms. The molecule has 3 N–H and O–H groups in total. The van der Waals surface area contributed by atoms with Crippen LogP contribution in [0.2, 0.25) is 5.15 Å². The summed E-state index contributed by atoms with van der Waals surface area (Å²) in [5, 5.41) is 3.11. The van der Waals surface area contributed by atoms with Crippen molar-refractivity contribution in [3.8, 4) is 0 Å². The highest BCUT2D eigenvalue weighted by Gasteiger charge is 2.09. The van der Waals surface area contributed by atoms with E-state index in [0.29, 0.717) is 23.2 Å². The van der Waals surface area contributed by atoms with Crippen LogP contribution < -0.4 is 16.0 Å². The number of nitrogen functional groups attached to an aromatic ring is 1. The Bertz CT molecular complexity index is 377. The second-order valence-corrected chi connectivity index (χ2v) is 4.17. The van der Waals surface area contributed by atoms with Crippen LogP contribution in [0.1, 0.15) is 13.3 Å². The molecule has 0 radical (unpaired) electrons. The fourth-order valence-corrected chi connectivity index (χ4v) is 1.53. The number of carbonyl (C=O) groups excluding carboxylic acids is 1. The van der Waals surface area contributed by atoms with Gasteiger partial charge in [-0.15, -0.1) is 0 Å². The molecule has 0 unspecified atom stereocenters. The number of nitrogens with zero attached hydrogens (tertiary/aromatic N) is 2. The molecule has 0 saturated carbocycles. The lowest BCUT2D eigenvalue weighted by atomic mass is 10.3. The van der Waals surface area contributed by atoms with E-state index in [1.807, 2.05) is 6.92 Å². The number of likely N-dealkylation sites (N-methyl/N-ethyl adjacent to an activating group) is 1. The Morgan fingerprint density at radius 1 is 1.59 bits per heavy atom. The molecule has 1 aromatic heterocycles. The molecule has 0 saturated heterocycles. The molecule has 94 valence electrons. The van der Waals surface area contributed by atoms with Gasteiger partial charge in [0.05, 0.1) is 6.54 Å². The molecule has 0 bridgehead atoms. The first kappa shape index (κ1) is 13.6. The maximum Gasteiger partial charge on any atom is 0.239 e. The average Bonchev–Trinajstić information content (AvgIpc) is 2.25. The van der Waals surface area contributed by atoms with Gasteiger partial charge in [-0.3, -0.25) is 4.79 Å². The Morgan fingerprint density at radius 3 is 2.88 bits per heavy atom. The normalized spacial score (nSPS) is 10.1. The summed E-state index contributed by atoms with van der Waals surface area (Å²) in [6.07, 6.45) is 0.915. The summed E-state index contributed by atoms with van der Waals surface area (Å²) in [5.74, 6) is 0.538. The third kappa shape index (κ3) is 4.48. The van der Waals surface area contributed by atoms with E-state index in [1.165, 1.54) is 0 Å². The summed E-state index contributed by atoms with van der Waals surface area (Å²) in [7, 11) is 1.77. The second-order valence-electron chi connectivity index (χ2n) is 3.79. The number of pyridine rings is 1. The highest BCUT2D eigenvalue weighted by molar-refractivity contribution is 6.29. The van der Waals surface area contributed by atoms with Gasteiger partial charge in [-0.25, -0.2) is 4.98 Å². The molecule has 0 spiro atoms. The van der Waals surface area contributed by atoms with Crippen LogP contribution in [-0.2, 0) is 4.79 Å². The number of nitrogens with two attached hydrogens (primary N) is 1. The lowest BCUT2D eigenvalue weighted by molar-refractivity contribution is -0.119. The van der Waals surface area contributed by atoms with Crippen LogP contribution in [0.4, 0.5) is 11.5 Å². The van der Waals surface area contributed by atoms with E-state index >= 15 is 0 Å². The van der Waals surface area contributed by atoms with E-state index in [0.717, 1.165) is 6.42 Å². The van der Waals surface area contributed by atoms with E-state index in [9.17, 15) is 4.79 Å². The molecular formula is C11H17ClN4O. The molecule has 1 aromatic rings. The lowest BCUT2D eigenvalue weighted by Gasteiger charge is -2.18. The molecule has 17 heavy (non-hydrogen) atoms. The van der Waals surface area contributed by atoms with Gasteiger partial charge >= 0.3 is 0 Å². The van der Waals surface area contributed by atoms with Crippen molar-refractivity contribution >= 4 is 29.0 Å². The van der Waals surface area contributed by atoms with Crippen LogP contribution in [0.25, 0.3) is 0 Å². The molecule has 1 heterocycles. The van der Waals surface area contributed by atoms with E-state index in [2.05, 4.69) is 10.3 Å². The van der Waals surface area contributed by atoms with Gasteiger partial charge in [0, 0.05) is 25.3 Å². The van der Waals surface area contributed by atoms with Crippen molar-refractivity contribution < 1.29 is 4.79 Å². The van der Waals surface area contributed by atoms with Crippen molar-refractivity contribution in [2.24, 2.45) is 0 Å². The Labute approximate surface area is 106 Å². The minimum absolute atomic E-state index is 0.0466. The maximum atomic E-state index is 11.5. The number of aromatic nitrogens is 1. The van der Waals surface area contributed by atoms with Gasteiger partial charge in [0.2, 0.25) is 5.91 Å². The van der Waals surface area contributed by atoms with Crippen LogP contribution in [0, 0.1) is 0 Å². The van der Waals surface area contributed by atoms with E-state index in [1.54, 1.807) is 24.1 Å². The van der Waals surface area contributed by atoms with Gasteiger partial charge in [-0.05, 0) is 12.5 Å². The van der Waals surface area contributed by atoms with Gasteiger partial charge in [0.15, 0.2) is 0 Å². The monoisotopic (exact) mass is 256 g/mol. The molecule has 0 aromatic carbocycles. The first-order valence-corrected chi connectivity index (χ1v) is 5.81. The Kier molecular flexibility index (Phi) is 5.03. The van der Waals surface area contributed by atoms with E-state index in [4.69, 9.17) is 17.3 Å². The number of amides is 1. The number of hydrogen-bond acceptors (Lipinski definition) is 4. The summed E-state index contributed by atoms with van der Waals surface area (Å²) in [4.78, 5) is 17.3. The topological polar surface area (TPSA) is 71.2 Å². The minimum Gasteiger partial charge on any atom is -0.399 e. The largest absolute Gasteiger partial charge is 0.399 e. The molecule has 1 rings (SSSR count). The smallest absolute Gasteiger partial charge is 0.239 e. The summed E-state index contributed by atoms with van der Waals surface area (Å²) >= 11 is 5.80. The van der Waals surface area contributed by atoms with Crippen molar-refractivity contribution in [3.63, 3.8) is 0 Å². The Morgan fingerprint density at radius 2 is 2.29 bits per heavy atom. The summed E-state index contributed by atoms with van der Waals surface area (Å²) in [5.41, 5.74) is 6.19. The lowest BCUT2D eigenvalue weighted by Crippen LogP contribution is -2.35. The fourth-order valence-electron chi connectivity index (χ4n) is 1.31. The quantitative estimate of drug-likeness (QED) is 0.779. The number of carbonyl (C=O) groups is 1. The SMILES string of the molecule is CCCNC(=O)CN(C)c1cc(N)cc(Cl)n1. The Hall–Kier alpha value is -1.49. The first-order chi connectivity index (χ1) is 8.02. The van der Waals surface area contributed by atoms with Crippen LogP contribution in [0.15, 0.2) is 12.1 Å². The van der Waals surface area contributed by atoms with Gasteiger partial charge in [-0.1, -0.05) is 18.5 Å². The third-order valence-corrected chi connectivity index (χ3v) is 2.34. The number of anilines is 2. The maximum absolute atomic E-state index is 11.5. The molecule has 0 aliphatic carbocycles. The zero-order valence-corrected chi connectivity index (χ0v) is 10.8. The average molecular weight is 257 g/mol. The van der Waals surface area contributed by atoms with Crippen molar-refractivity contribution in [2.75, 3.05) is 30.8 Å². The van der Waals surface area contributed by atoms with Crippen molar-refractivity contribution in [3.05, 3.63) is 17.3 Å². The fraction of sp³-hybridized carbons (Fsp3) is 0.455. The molecule has 0 aliphatic rings. The highest BCUT2D eigenvalue weighted by atomic mass is 35.5. The van der Waals surface area contributed by atoms with Crippen molar-refractivity contribution in [2.45, 2.75) is 13.3 Å². The Balaban J connectivity index is 2.63. The summed E-state index contributed by atoms with van der Waals surface area (Å²) in [6, 6.07) is 3.25. The standard InChI is InChI=1S/C11H17ClN4O/c1-3-4-14-11(17)7-16(2)10-6-8(13)5-9(12)15-10/h5-6H,3-4,7H2,1-2H3,(H2,13,15)(H,14,17). The predicted molar refractivity (Wildman–Crippen MR) is 70.2 cm³/mol. The summed E-state index contributed by atoms with van der Waals surface area (Å²) < 4.78 is 0. The van der Waals surface area contributed by atoms with Gasteiger partial charge in [0.1, 0.15) is 11.0 Å². The number of halogens is 1. The van der Waals surface area contributed by atoms with Gasteiger partial charge in [0.25, 0.3) is 0 Å². The molecule has 1 amide bonds. The molecule has 0 fully saturated rings. The van der Waals surface area contributed by atoms with Crippen LogP contribution >= 0.6 is 11.6 Å². The van der Waals surface area contributed by atoms with Gasteiger partial charge < -0.3 is 16.0 Å². The molecule has 0 atom stereocenters. The van der Waals surface area contributed by atoms with E-state index in [-0.39, 0.29) is 12.5 Å². The zero-order valence-electron chi connectivity index (χ0n) is 10.0. The third-order valence-electron chi connectivity index (χ3n) is 2.15. The van der Waals surface area contributed by atoms with Crippen molar-refractivity contribution in [1.29, 1.82) is 0 Å². The predicted octanol–water partition coefficient (Wildman–Crippen LogP) is 1.28. The number of hydrogen-bond donors (Lipinski definition) is 2. The highest BCUT2D eigenvalue weighted by Crippen LogP contribution is 2.18. The van der Waals surface area contributed by atoms with Crippen LogP contribution in [-0.4, -0.2) is 31.0 Å². The molecule has 0 aliphatic heterocycles. The van der Waals surface area contributed by atoms with E-state index < -0.39 is 0 Å². The molecule has 5 nitrogen and oxygen atoms in total. The number of nitrogens with one attached hydrogen (secondary N) is 1. The second kappa shape index (κ2) is 6.30. The van der Waals surface area contributed by atoms with Gasteiger partial charge in [-0.2, -0.15) is 0 Å².